The van der Waals surface area contributed by atoms with Crippen LogP contribution in [0.3, 0.4) is 0 Å². The van der Waals surface area contributed by atoms with Gasteiger partial charge in [0.25, 0.3) is 0 Å². The zero-order valence-electron chi connectivity index (χ0n) is 20.9. The van der Waals surface area contributed by atoms with Gasteiger partial charge in [0.1, 0.15) is 18.2 Å². The lowest BCUT2D eigenvalue weighted by molar-refractivity contribution is -0.140. The molecule has 2 N–H and O–H groups in total. The van der Waals surface area contributed by atoms with Crippen LogP contribution < -0.4 is 10.6 Å². The summed E-state index contributed by atoms with van der Waals surface area (Å²) in [4.78, 5) is 40.4. The normalized spacial score (nSPS) is 11.9. The van der Waals surface area contributed by atoms with E-state index in [-0.39, 0.29) is 18.4 Å². The van der Waals surface area contributed by atoms with Crippen LogP contribution in [0.2, 0.25) is 0 Å². The minimum absolute atomic E-state index is 0.257. The molecule has 2 aromatic carbocycles. The van der Waals surface area contributed by atoms with E-state index in [2.05, 4.69) is 10.6 Å². The van der Waals surface area contributed by atoms with Crippen LogP contribution in [0.1, 0.15) is 63.3 Å². The molecule has 1 atom stereocenters. The highest BCUT2D eigenvalue weighted by molar-refractivity contribution is 5.90. The van der Waals surface area contributed by atoms with E-state index in [1.54, 1.807) is 25.7 Å². The number of hydrogen-bond donors (Lipinski definition) is 2. The fraction of sp³-hybridized carbons (Fsp3) is 0.444. The second kappa shape index (κ2) is 12.8. The van der Waals surface area contributed by atoms with E-state index in [4.69, 9.17) is 4.74 Å². The highest BCUT2D eigenvalue weighted by Crippen LogP contribution is 2.25. The smallest absolute Gasteiger partial charge is 0.408 e. The lowest BCUT2D eigenvalue weighted by Crippen LogP contribution is -2.48. The van der Waals surface area contributed by atoms with Crippen molar-refractivity contribution in [2.45, 2.75) is 65.6 Å². The standard InChI is InChI=1S/C27H37N3O4/c1-6-7-17-30(23(31)19-29-26(33)34-27(3,4)5)24(22-16-12-11-13-20(22)2)25(32)28-18-21-14-9-8-10-15-21/h8-16,24H,6-7,17-19H2,1-5H3,(H,28,32)(H,29,33). The topological polar surface area (TPSA) is 87.7 Å². The molecule has 0 bridgehead atoms. The van der Waals surface area contributed by atoms with Gasteiger partial charge < -0.3 is 20.3 Å². The first kappa shape index (κ1) is 26.9. The summed E-state index contributed by atoms with van der Waals surface area (Å²) < 4.78 is 5.25. The van der Waals surface area contributed by atoms with Gasteiger partial charge >= 0.3 is 6.09 Å². The molecule has 34 heavy (non-hydrogen) atoms. The van der Waals surface area contributed by atoms with Crippen molar-refractivity contribution in [3.63, 3.8) is 0 Å². The van der Waals surface area contributed by atoms with Gasteiger partial charge in [-0.1, -0.05) is 67.9 Å². The molecule has 1 unspecified atom stereocenters. The van der Waals surface area contributed by atoms with E-state index in [1.165, 1.54) is 0 Å². The molecule has 0 radical (unpaired) electrons. The van der Waals surface area contributed by atoms with Crippen LogP contribution >= 0.6 is 0 Å². The number of nitrogens with zero attached hydrogens (tertiary/aromatic N) is 1. The third-order valence-electron chi connectivity index (χ3n) is 5.21. The van der Waals surface area contributed by atoms with Crippen molar-refractivity contribution in [3.05, 3.63) is 71.3 Å². The maximum atomic E-state index is 13.5. The Bertz CT molecular complexity index is 954. The number of rotatable bonds is 10. The van der Waals surface area contributed by atoms with E-state index in [0.717, 1.165) is 29.5 Å². The summed E-state index contributed by atoms with van der Waals surface area (Å²) in [5, 5.41) is 5.52. The highest BCUT2D eigenvalue weighted by atomic mass is 16.6. The van der Waals surface area contributed by atoms with E-state index in [1.807, 2.05) is 68.4 Å². The van der Waals surface area contributed by atoms with Gasteiger partial charge in [-0.05, 0) is 50.8 Å². The maximum Gasteiger partial charge on any atom is 0.408 e. The Morgan fingerprint density at radius 2 is 1.62 bits per heavy atom. The van der Waals surface area contributed by atoms with Crippen molar-refractivity contribution >= 4 is 17.9 Å². The van der Waals surface area contributed by atoms with Gasteiger partial charge in [-0.2, -0.15) is 0 Å². The molecule has 0 aliphatic rings. The summed E-state index contributed by atoms with van der Waals surface area (Å²) in [6.07, 6.45) is 0.916. The summed E-state index contributed by atoms with van der Waals surface area (Å²) in [5.41, 5.74) is 1.97. The van der Waals surface area contributed by atoms with Crippen LogP contribution in [0, 0.1) is 6.92 Å². The monoisotopic (exact) mass is 467 g/mol. The second-order valence-corrected chi connectivity index (χ2v) is 9.26. The minimum atomic E-state index is -0.815. The highest BCUT2D eigenvalue weighted by Gasteiger charge is 2.32. The van der Waals surface area contributed by atoms with Gasteiger partial charge in [0.2, 0.25) is 11.8 Å². The first-order valence-electron chi connectivity index (χ1n) is 11.8. The largest absolute Gasteiger partial charge is 0.444 e. The second-order valence-electron chi connectivity index (χ2n) is 9.26. The molecule has 0 saturated carbocycles. The molecule has 0 heterocycles. The Kier molecular flexibility index (Phi) is 10.1. The average Bonchev–Trinajstić information content (AvgIpc) is 2.79. The molecule has 0 aliphatic heterocycles. The van der Waals surface area contributed by atoms with Gasteiger partial charge in [0, 0.05) is 13.1 Å². The van der Waals surface area contributed by atoms with Crippen molar-refractivity contribution in [2.24, 2.45) is 0 Å². The minimum Gasteiger partial charge on any atom is -0.444 e. The van der Waals surface area contributed by atoms with Crippen molar-refractivity contribution in [1.29, 1.82) is 0 Å². The van der Waals surface area contributed by atoms with Gasteiger partial charge in [0.15, 0.2) is 0 Å². The third kappa shape index (κ3) is 8.54. The molecule has 2 aromatic rings. The van der Waals surface area contributed by atoms with E-state index < -0.39 is 17.7 Å². The van der Waals surface area contributed by atoms with Crippen LogP contribution in [0.25, 0.3) is 0 Å². The first-order chi connectivity index (χ1) is 16.1. The lowest BCUT2D eigenvalue weighted by atomic mass is 9.98. The Morgan fingerprint density at radius 1 is 0.971 bits per heavy atom. The summed E-state index contributed by atoms with van der Waals surface area (Å²) in [6, 6.07) is 16.4. The number of unbranched alkanes of at least 4 members (excludes halogenated alkanes) is 1. The Balaban J connectivity index is 2.28. The van der Waals surface area contributed by atoms with Gasteiger partial charge in [0.05, 0.1) is 0 Å². The number of ether oxygens (including phenoxy) is 1. The Labute approximate surface area is 202 Å². The molecule has 184 valence electrons. The summed E-state index contributed by atoms with van der Waals surface area (Å²) in [6.45, 7) is 9.71. The van der Waals surface area contributed by atoms with E-state index in [0.29, 0.717) is 13.1 Å². The number of carbonyl (C=O) groups excluding carboxylic acids is 3. The zero-order chi connectivity index (χ0) is 25.1. The number of nitrogens with one attached hydrogen (secondary N) is 2. The van der Waals surface area contributed by atoms with E-state index in [9.17, 15) is 14.4 Å². The summed E-state index contributed by atoms with van der Waals surface area (Å²) in [7, 11) is 0. The van der Waals surface area contributed by atoms with Crippen LogP contribution in [0.15, 0.2) is 54.6 Å². The summed E-state index contributed by atoms with van der Waals surface area (Å²) in [5.74, 6) is -0.609. The summed E-state index contributed by atoms with van der Waals surface area (Å²) >= 11 is 0. The van der Waals surface area contributed by atoms with Crippen molar-refractivity contribution in [3.8, 4) is 0 Å². The van der Waals surface area contributed by atoms with Crippen LogP contribution in [0.4, 0.5) is 4.79 Å². The first-order valence-corrected chi connectivity index (χ1v) is 11.8. The Hall–Kier alpha value is -3.35. The number of amides is 3. The van der Waals surface area contributed by atoms with E-state index >= 15 is 0 Å². The zero-order valence-corrected chi connectivity index (χ0v) is 20.9. The van der Waals surface area contributed by atoms with Gasteiger partial charge in [-0.25, -0.2) is 4.79 Å². The predicted molar refractivity (Wildman–Crippen MR) is 133 cm³/mol. The number of aryl methyl sites for hydroxylation is 1. The molecular formula is C27H37N3O4. The molecular weight excluding hydrogens is 430 g/mol. The fourth-order valence-electron chi connectivity index (χ4n) is 3.52. The van der Waals surface area contributed by atoms with Gasteiger partial charge in [-0.15, -0.1) is 0 Å². The van der Waals surface area contributed by atoms with Crippen LogP contribution in [-0.4, -0.2) is 41.5 Å². The number of alkyl carbamates (subject to hydrolysis) is 1. The lowest BCUT2D eigenvalue weighted by Gasteiger charge is -2.32. The number of carbonyl (C=O) groups is 3. The molecule has 0 spiro atoms. The molecule has 0 aromatic heterocycles. The quantitative estimate of drug-likeness (QED) is 0.538. The van der Waals surface area contributed by atoms with Crippen molar-refractivity contribution in [2.75, 3.05) is 13.1 Å². The average molecular weight is 468 g/mol. The third-order valence-corrected chi connectivity index (χ3v) is 5.21. The molecule has 2 rings (SSSR count). The maximum absolute atomic E-state index is 13.5. The molecule has 0 saturated heterocycles. The SMILES string of the molecule is CCCCN(C(=O)CNC(=O)OC(C)(C)C)C(C(=O)NCc1ccccc1)c1ccccc1C. The fourth-order valence-corrected chi connectivity index (χ4v) is 3.52. The molecule has 7 heteroatoms. The Morgan fingerprint density at radius 3 is 2.24 bits per heavy atom. The van der Waals surface area contributed by atoms with Crippen LogP contribution in [-0.2, 0) is 20.9 Å². The molecule has 3 amide bonds. The predicted octanol–water partition coefficient (Wildman–Crippen LogP) is 4.51. The van der Waals surface area contributed by atoms with Crippen molar-refractivity contribution < 1.29 is 19.1 Å². The molecule has 0 aliphatic carbocycles. The van der Waals surface area contributed by atoms with Gasteiger partial charge in [-0.3, -0.25) is 9.59 Å². The van der Waals surface area contributed by atoms with Crippen LogP contribution in [0.5, 0.6) is 0 Å². The molecule has 7 nitrogen and oxygen atoms in total. The number of benzene rings is 2. The van der Waals surface area contributed by atoms with Crippen molar-refractivity contribution in [1.82, 2.24) is 15.5 Å². The molecule has 0 fully saturated rings. The number of hydrogen-bond acceptors (Lipinski definition) is 4.